The first-order valence-corrected chi connectivity index (χ1v) is 9.40. The second-order valence-corrected chi connectivity index (χ2v) is 6.90. The highest BCUT2D eigenvalue weighted by Gasteiger charge is 2.29. The number of piperidine rings is 1. The Kier molecular flexibility index (Phi) is 5.88. The number of benzene rings is 1. The van der Waals surface area contributed by atoms with Crippen molar-refractivity contribution in [1.82, 2.24) is 14.5 Å². The number of fused-ring (bicyclic) bond motifs is 1. The maximum Gasteiger partial charge on any atom is 0.310 e. The number of para-hydroxylation sites is 1. The Hall–Kier alpha value is -2.70. The highest BCUT2D eigenvalue weighted by atomic mass is 16.5. The molecule has 0 radical (unpaired) electrons. The normalized spacial score (nSPS) is 17.1. The number of aromatic nitrogens is 2. The third-order valence-corrected chi connectivity index (χ3v) is 5.02. The summed E-state index contributed by atoms with van der Waals surface area (Å²) in [5, 5.41) is 0.560. The molecule has 1 aliphatic heterocycles. The van der Waals surface area contributed by atoms with Gasteiger partial charge in [0.1, 0.15) is 0 Å². The van der Waals surface area contributed by atoms with Gasteiger partial charge < -0.3 is 9.64 Å². The number of hydrogen-bond donors (Lipinski definition) is 0. The smallest absolute Gasteiger partial charge is 0.310 e. The Labute approximate surface area is 157 Å². The Morgan fingerprint density at radius 3 is 2.93 bits per heavy atom. The number of carbonyl (C=O) groups excluding carboxylic acids is 2. The predicted molar refractivity (Wildman–Crippen MR) is 101 cm³/mol. The van der Waals surface area contributed by atoms with Gasteiger partial charge in [0, 0.05) is 26.1 Å². The van der Waals surface area contributed by atoms with Crippen LogP contribution >= 0.6 is 0 Å². The van der Waals surface area contributed by atoms with Crippen LogP contribution in [0.2, 0.25) is 0 Å². The van der Waals surface area contributed by atoms with E-state index >= 15 is 0 Å². The summed E-state index contributed by atoms with van der Waals surface area (Å²) in [5.41, 5.74) is 1.50. The molecule has 0 aliphatic carbocycles. The van der Waals surface area contributed by atoms with E-state index in [9.17, 15) is 14.4 Å². The highest BCUT2D eigenvalue weighted by Crippen LogP contribution is 2.19. The zero-order valence-corrected chi connectivity index (χ0v) is 15.8. The number of nitrogens with zero attached hydrogens (tertiary/aromatic N) is 3. The number of ether oxygens (including phenoxy) is 1. The highest BCUT2D eigenvalue weighted by molar-refractivity contribution is 5.80. The maximum absolute atomic E-state index is 12.6. The summed E-state index contributed by atoms with van der Waals surface area (Å²) in [6.07, 6.45) is 3.24. The topological polar surface area (TPSA) is 81.5 Å². The molecule has 1 fully saturated rings. The van der Waals surface area contributed by atoms with Crippen molar-refractivity contribution in [2.24, 2.45) is 5.92 Å². The van der Waals surface area contributed by atoms with Crippen molar-refractivity contribution in [3.05, 3.63) is 40.4 Å². The van der Waals surface area contributed by atoms with Crippen LogP contribution in [0.25, 0.3) is 10.9 Å². The maximum atomic E-state index is 12.6. The molecule has 1 aliphatic rings. The Balaban J connectivity index is 1.65. The lowest BCUT2D eigenvalue weighted by atomic mass is 9.98. The van der Waals surface area contributed by atoms with Gasteiger partial charge in [-0.2, -0.15) is 0 Å². The van der Waals surface area contributed by atoms with Gasteiger partial charge in [-0.3, -0.25) is 19.0 Å². The summed E-state index contributed by atoms with van der Waals surface area (Å²) in [6, 6.07) is 5.50. The first kappa shape index (κ1) is 19.1. The second-order valence-electron chi connectivity index (χ2n) is 6.90. The molecule has 0 N–H and O–H groups in total. The average Bonchev–Trinajstić information content (AvgIpc) is 2.68. The van der Waals surface area contributed by atoms with Crippen molar-refractivity contribution in [2.75, 3.05) is 19.7 Å². The molecule has 1 amide bonds. The molecule has 1 saturated heterocycles. The quantitative estimate of drug-likeness (QED) is 0.750. The molecule has 1 aromatic carbocycles. The minimum atomic E-state index is -0.254. The number of likely N-dealkylation sites (tertiary alicyclic amines) is 1. The zero-order chi connectivity index (χ0) is 19.4. The largest absolute Gasteiger partial charge is 0.466 e. The van der Waals surface area contributed by atoms with E-state index in [1.807, 2.05) is 19.1 Å². The van der Waals surface area contributed by atoms with Gasteiger partial charge in [-0.15, -0.1) is 0 Å². The standard InChI is InChI=1S/C20H25N3O4/c1-3-27-20(26)15-7-5-10-22(12-15)17(24)9-11-23-13-21-18-14(2)6-4-8-16(18)19(23)25/h4,6,8,13,15H,3,5,7,9-12H2,1-2H3. The molecule has 0 spiro atoms. The summed E-state index contributed by atoms with van der Waals surface area (Å²) >= 11 is 0. The van der Waals surface area contributed by atoms with Crippen molar-refractivity contribution < 1.29 is 14.3 Å². The van der Waals surface area contributed by atoms with Crippen LogP contribution in [0.1, 0.15) is 31.7 Å². The summed E-state index contributed by atoms with van der Waals surface area (Å²) in [4.78, 5) is 43.2. The zero-order valence-electron chi connectivity index (χ0n) is 15.8. The SMILES string of the molecule is CCOC(=O)C1CCCN(C(=O)CCn2cnc3c(C)cccc3c2=O)C1. The molecule has 2 aromatic rings. The van der Waals surface area contributed by atoms with Crippen LogP contribution in [0.15, 0.2) is 29.3 Å². The molecule has 0 bridgehead atoms. The van der Waals surface area contributed by atoms with Crippen molar-refractivity contribution in [2.45, 2.75) is 39.7 Å². The monoisotopic (exact) mass is 371 g/mol. The molecule has 7 nitrogen and oxygen atoms in total. The minimum absolute atomic E-state index is 0.0553. The van der Waals surface area contributed by atoms with Gasteiger partial charge in [0.05, 0.1) is 29.8 Å². The summed E-state index contributed by atoms with van der Waals surface area (Å²) in [5.74, 6) is -0.545. The van der Waals surface area contributed by atoms with E-state index in [1.165, 1.54) is 10.9 Å². The van der Waals surface area contributed by atoms with E-state index in [-0.39, 0.29) is 36.3 Å². The first-order valence-electron chi connectivity index (χ1n) is 9.40. The number of rotatable bonds is 5. The molecule has 1 aromatic heterocycles. The third kappa shape index (κ3) is 4.18. The molecule has 27 heavy (non-hydrogen) atoms. The van der Waals surface area contributed by atoms with Crippen LogP contribution in [0.4, 0.5) is 0 Å². The van der Waals surface area contributed by atoms with Crippen molar-refractivity contribution in [3.63, 3.8) is 0 Å². The van der Waals surface area contributed by atoms with E-state index < -0.39 is 0 Å². The van der Waals surface area contributed by atoms with Crippen molar-refractivity contribution in [3.8, 4) is 0 Å². The molecular formula is C20H25N3O4. The van der Waals surface area contributed by atoms with E-state index in [4.69, 9.17) is 4.74 Å². The number of hydrogen-bond acceptors (Lipinski definition) is 5. The average molecular weight is 371 g/mol. The van der Waals surface area contributed by atoms with Gasteiger partial charge in [-0.1, -0.05) is 12.1 Å². The van der Waals surface area contributed by atoms with Gasteiger partial charge >= 0.3 is 5.97 Å². The van der Waals surface area contributed by atoms with Crippen LogP contribution in [-0.2, 0) is 20.9 Å². The van der Waals surface area contributed by atoms with Gasteiger partial charge in [0.15, 0.2) is 0 Å². The molecule has 2 heterocycles. The summed E-state index contributed by atoms with van der Waals surface area (Å²) < 4.78 is 6.55. The first-order chi connectivity index (χ1) is 13.0. The van der Waals surface area contributed by atoms with Crippen molar-refractivity contribution in [1.29, 1.82) is 0 Å². The fourth-order valence-electron chi connectivity index (χ4n) is 3.53. The Morgan fingerprint density at radius 2 is 2.15 bits per heavy atom. The van der Waals surface area contributed by atoms with E-state index in [0.29, 0.717) is 30.6 Å². The van der Waals surface area contributed by atoms with Crippen molar-refractivity contribution >= 4 is 22.8 Å². The third-order valence-electron chi connectivity index (χ3n) is 5.02. The van der Waals surface area contributed by atoms with E-state index in [0.717, 1.165) is 18.4 Å². The van der Waals surface area contributed by atoms with E-state index in [2.05, 4.69) is 4.98 Å². The van der Waals surface area contributed by atoms with Crippen LogP contribution in [0, 0.1) is 12.8 Å². The summed E-state index contributed by atoms with van der Waals surface area (Å²) in [6.45, 7) is 5.34. The fourth-order valence-corrected chi connectivity index (χ4v) is 3.53. The lowest BCUT2D eigenvalue weighted by molar-refractivity contribution is -0.151. The number of carbonyl (C=O) groups is 2. The van der Waals surface area contributed by atoms with Gasteiger partial charge in [0.2, 0.25) is 5.91 Å². The van der Waals surface area contributed by atoms with Crippen LogP contribution < -0.4 is 5.56 Å². The summed E-state index contributed by atoms with van der Waals surface area (Å²) in [7, 11) is 0. The van der Waals surface area contributed by atoms with Gasteiger partial charge in [0.25, 0.3) is 5.56 Å². The molecule has 7 heteroatoms. The Morgan fingerprint density at radius 1 is 1.33 bits per heavy atom. The molecule has 1 unspecified atom stereocenters. The molecule has 0 saturated carbocycles. The number of esters is 1. The second kappa shape index (κ2) is 8.33. The Bertz CT molecular complexity index is 906. The van der Waals surface area contributed by atoms with Crippen LogP contribution in [0.3, 0.4) is 0 Å². The number of amides is 1. The fraction of sp³-hybridized carbons (Fsp3) is 0.500. The van der Waals surface area contributed by atoms with Gasteiger partial charge in [-0.25, -0.2) is 4.98 Å². The van der Waals surface area contributed by atoms with Crippen LogP contribution in [0.5, 0.6) is 0 Å². The molecular weight excluding hydrogens is 346 g/mol. The van der Waals surface area contributed by atoms with E-state index in [1.54, 1.807) is 17.9 Å². The number of aryl methyl sites for hydroxylation is 2. The van der Waals surface area contributed by atoms with Crippen LogP contribution in [-0.4, -0.2) is 46.0 Å². The molecule has 144 valence electrons. The molecule has 3 rings (SSSR count). The minimum Gasteiger partial charge on any atom is -0.466 e. The van der Waals surface area contributed by atoms with Gasteiger partial charge in [-0.05, 0) is 38.3 Å². The predicted octanol–water partition coefficient (Wildman–Crippen LogP) is 1.90. The molecule has 1 atom stereocenters. The lowest BCUT2D eigenvalue weighted by Crippen LogP contribution is -2.43. The lowest BCUT2D eigenvalue weighted by Gasteiger charge is -2.31.